The molecule has 0 aliphatic carbocycles. The van der Waals surface area contributed by atoms with E-state index in [0.29, 0.717) is 18.2 Å². The minimum absolute atomic E-state index is 0.0628. The van der Waals surface area contributed by atoms with Crippen LogP contribution in [-0.4, -0.2) is 54.7 Å². The predicted octanol–water partition coefficient (Wildman–Crippen LogP) is 1.10. The molecule has 1 unspecified atom stereocenters. The Hall–Kier alpha value is -1.44. The molecule has 1 aromatic heterocycles. The Morgan fingerprint density at radius 3 is 2.90 bits per heavy atom. The molecular weight excluding hydrogens is 290 g/mol. The molecule has 0 amide bonds. The number of nitrogens with one attached hydrogen (secondary N) is 1. The quantitative estimate of drug-likeness (QED) is 0.754. The fourth-order valence-electron chi connectivity index (χ4n) is 2.36. The van der Waals surface area contributed by atoms with Gasteiger partial charge in [0.2, 0.25) is 5.95 Å². The molecule has 0 saturated carbocycles. The van der Waals surface area contributed by atoms with E-state index in [2.05, 4.69) is 27.4 Å². The molecular formula is C13H23N5O2S. The zero-order valence-electron chi connectivity index (χ0n) is 12.6. The van der Waals surface area contributed by atoms with Gasteiger partial charge < -0.3 is 10.2 Å². The van der Waals surface area contributed by atoms with Crippen molar-refractivity contribution in [3.05, 3.63) is 6.20 Å². The maximum absolute atomic E-state index is 11.6. The Morgan fingerprint density at radius 2 is 2.24 bits per heavy atom. The normalized spacial score (nSPS) is 20.4. The van der Waals surface area contributed by atoms with E-state index in [1.165, 1.54) is 12.8 Å². The van der Waals surface area contributed by atoms with E-state index in [1.807, 2.05) is 11.9 Å². The molecule has 1 N–H and O–H groups in total. The van der Waals surface area contributed by atoms with Crippen molar-refractivity contribution in [1.82, 2.24) is 15.2 Å². The average Bonchev–Trinajstić information content (AvgIpc) is 2.83. The molecule has 118 valence electrons. The highest BCUT2D eigenvalue weighted by Crippen LogP contribution is 2.20. The minimum atomic E-state index is -2.91. The van der Waals surface area contributed by atoms with Crippen LogP contribution >= 0.6 is 0 Å². The van der Waals surface area contributed by atoms with Crippen LogP contribution in [0.4, 0.5) is 11.8 Å². The van der Waals surface area contributed by atoms with Gasteiger partial charge in [-0.15, -0.1) is 5.10 Å². The minimum Gasteiger partial charge on any atom is -0.369 e. The van der Waals surface area contributed by atoms with Gasteiger partial charge in [-0.05, 0) is 12.8 Å². The first kappa shape index (κ1) is 15.9. The van der Waals surface area contributed by atoms with Crippen LogP contribution in [0.5, 0.6) is 0 Å². The molecule has 2 heterocycles. The van der Waals surface area contributed by atoms with Crippen LogP contribution in [-0.2, 0) is 9.84 Å². The first-order chi connectivity index (χ1) is 10.0. The summed E-state index contributed by atoms with van der Waals surface area (Å²) in [7, 11) is -1.09. The van der Waals surface area contributed by atoms with E-state index < -0.39 is 9.84 Å². The van der Waals surface area contributed by atoms with Crippen molar-refractivity contribution in [1.29, 1.82) is 0 Å². The first-order valence-electron chi connectivity index (χ1n) is 7.38. The van der Waals surface area contributed by atoms with Crippen molar-refractivity contribution < 1.29 is 8.42 Å². The van der Waals surface area contributed by atoms with Crippen LogP contribution in [0.3, 0.4) is 0 Å². The highest BCUT2D eigenvalue weighted by atomic mass is 32.2. The lowest BCUT2D eigenvalue weighted by Crippen LogP contribution is -2.34. The van der Waals surface area contributed by atoms with E-state index in [-0.39, 0.29) is 17.5 Å². The van der Waals surface area contributed by atoms with Gasteiger partial charge >= 0.3 is 0 Å². The van der Waals surface area contributed by atoms with Crippen molar-refractivity contribution in [3.8, 4) is 0 Å². The lowest BCUT2D eigenvalue weighted by molar-refractivity contribution is 0.600. The third kappa shape index (κ3) is 4.52. The molecule has 1 saturated heterocycles. The second kappa shape index (κ2) is 7.02. The monoisotopic (exact) mass is 313 g/mol. The zero-order valence-corrected chi connectivity index (χ0v) is 13.4. The third-order valence-corrected chi connectivity index (χ3v) is 5.46. The largest absolute Gasteiger partial charge is 0.369 e. The predicted molar refractivity (Wildman–Crippen MR) is 83.3 cm³/mol. The molecule has 8 heteroatoms. The molecule has 1 aromatic rings. The van der Waals surface area contributed by atoms with E-state index in [1.54, 1.807) is 6.20 Å². The lowest BCUT2D eigenvalue weighted by atomic mass is 10.2. The zero-order chi connectivity index (χ0) is 15.3. The molecule has 7 nitrogen and oxygen atoms in total. The van der Waals surface area contributed by atoms with Crippen LogP contribution in [0.1, 0.15) is 32.6 Å². The molecule has 21 heavy (non-hydrogen) atoms. The molecule has 1 fully saturated rings. The van der Waals surface area contributed by atoms with Gasteiger partial charge in [0, 0.05) is 19.6 Å². The van der Waals surface area contributed by atoms with Crippen molar-refractivity contribution in [3.63, 3.8) is 0 Å². The molecule has 0 spiro atoms. The molecule has 0 bridgehead atoms. The Bertz CT molecular complexity index is 563. The second-order valence-electron chi connectivity index (χ2n) is 5.44. The molecule has 0 aromatic carbocycles. The smallest absolute Gasteiger partial charge is 0.247 e. The Morgan fingerprint density at radius 1 is 1.43 bits per heavy atom. The van der Waals surface area contributed by atoms with Crippen molar-refractivity contribution in [2.45, 2.75) is 38.6 Å². The molecule has 1 aliphatic heterocycles. The van der Waals surface area contributed by atoms with Gasteiger partial charge in [0.1, 0.15) is 0 Å². The summed E-state index contributed by atoms with van der Waals surface area (Å²) in [5, 5.41) is 11.2. The number of hydrogen-bond donors (Lipinski definition) is 1. The maximum Gasteiger partial charge on any atom is 0.247 e. The van der Waals surface area contributed by atoms with Gasteiger partial charge in [-0.2, -0.15) is 10.1 Å². The van der Waals surface area contributed by atoms with Gasteiger partial charge in [0.15, 0.2) is 15.7 Å². The summed E-state index contributed by atoms with van der Waals surface area (Å²) in [6.45, 7) is 3.02. The van der Waals surface area contributed by atoms with Crippen molar-refractivity contribution in [2.75, 3.05) is 35.3 Å². The lowest BCUT2D eigenvalue weighted by Gasteiger charge is -2.22. The number of nitrogens with zero attached hydrogens (tertiary/aromatic N) is 4. The summed E-state index contributed by atoms with van der Waals surface area (Å²) in [6, 6.07) is -0.0628. The highest BCUT2D eigenvalue weighted by molar-refractivity contribution is 7.91. The second-order valence-corrected chi connectivity index (χ2v) is 7.67. The van der Waals surface area contributed by atoms with Gasteiger partial charge in [-0.1, -0.05) is 19.8 Å². The fraction of sp³-hybridized carbons (Fsp3) is 0.769. The summed E-state index contributed by atoms with van der Waals surface area (Å²) in [5.74, 6) is 1.56. The van der Waals surface area contributed by atoms with Crippen molar-refractivity contribution in [2.24, 2.45) is 0 Å². The Balaban J connectivity index is 1.96. The maximum atomic E-state index is 11.6. The van der Waals surface area contributed by atoms with Gasteiger partial charge in [-0.3, -0.25) is 0 Å². The van der Waals surface area contributed by atoms with Crippen LogP contribution < -0.4 is 10.2 Å². The Labute approximate surface area is 126 Å². The first-order valence-corrected chi connectivity index (χ1v) is 9.21. The van der Waals surface area contributed by atoms with Gasteiger partial charge in [0.05, 0.1) is 17.7 Å². The summed E-state index contributed by atoms with van der Waals surface area (Å²) in [4.78, 5) is 6.22. The van der Waals surface area contributed by atoms with E-state index >= 15 is 0 Å². The van der Waals surface area contributed by atoms with Crippen molar-refractivity contribution >= 4 is 21.6 Å². The standard InChI is InChI=1S/C13H23N5O2S/c1-3-4-5-7-14-12-9-15-17-13(16-12)18(2)11-6-8-21(19,20)10-11/h9,11H,3-8,10H2,1-2H3,(H,14,16,17). The van der Waals surface area contributed by atoms with Gasteiger partial charge in [0.25, 0.3) is 0 Å². The number of aromatic nitrogens is 3. The summed E-state index contributed by atoms with van der Waals surface area (Å²) < 4.78 is 23.1. The SMILES string of the molecule is CCCCCNc1cnnc(N(C)C2CCS(=O)(=O)C2)n1. The topological polar surface area (TPSA) is 88.1 Å². The summed E-state index contributed by atoms with van der Waals surface area (Å²) in [5.41, 5.74) is 0. The average molecular weight is 313 g/mol. The molecule has 2 rings (SSSR count). The molecule has 1 atom stereocenters. The number of sulfone groups is 1. The van der Waals surface area contributed by atoms with E-state index in [4.69, 9.17) is 0 Å². The van der Waals surface area contributed by atoms with Gasteiger partial charge in [-0.25, -0.2) is 8.42 Å². The van der Waals surface area contributed by atoms with Crippen LogP contribution in [0.2, 0.25) is 0 Å². The van der Waals surface area contributed by atoms with E-state index in [9.17, 15) is 8.42 Å². The van der Waals surface area contributed by atoms with Crippen LogP contribution in [0.15, 0.2) is 6.20 Å². The summed E-state index contributed by atoms with van der Waals surface area (Å²) >= 11 is 0. The molecule has 1 aliphatic rings. The fourth-order valence-corrected chi connectivity index (χ4v) is 4.14. The number of hydrogen-bond acceptors (Lipinski definition) is 7. The number of unbranched alkanes of at least 4 members (excludes halogenated alkanes) is 2. The van der Waals surface area contributed by atoms with E-state index in [0.717, 1.165) is 13.0 Å². The summed E-state index contributed by atoms with van der Waals surface area (Å²) in [6.07, 6.45) is 5.66. The molecule has 0 radical (unpaired) electrons. The Kier molecular flexibility index (Phi) is 5.33. The number of rotatable bonds is 7. The third-order valence-electron chi connectivity index (χ3n) is 3.71. The number of anilines is 2. The van der Waals surface area contributed by atoms with Crippen LogP contribution in [0, 0.1) is 0 Å². The highest BCUT2D eigenvalue weighted by Gasteiger charge is 2.31. The van der Waals surface area contributed by atoms with Crippen LogP contribution in [0.25, 0.3) is 0 Å².